The molecule has 0 unspecified atom stereocenters. The largest absolute Gasteiger partial charge is 0.478 e. The first-order chi connectivity index (χ1) is 10.3. The van der Waals surface area contributed by atoms with Crippen LogP contribution in [0.4, 0.5) is 17.1 Å². The highest BCUT2D eigenvalue weighted by Crippen LogP contribution is 2.40. The van der Waals surface area contributed by atoms with Crippen LogP contribution in [0.3, 0.4) is 0 Å². The van der Waals surface area contributed by atoms with E-state index in [4.69, 9.17) is 5.11 Å². The molecular formula is C13H15N3O6. The summed E-state index contributed by atoms with van der Waals surface area (Å²) in [6.45, 7) is 2.90. The maximum absolute atomic E-state index is 11.3. The first-order valence-electron chi connectivity index (χ1n) is 6.76. The Labute approximate surface area is 125 Å². The minimum atomic E-state index is -1.44. The first-order valence-corrected chi connectivity index (χ1v) is 6.76. The average molecular weight is 309 g/mol. The monoisotopic (exact) mass is 309 g/mol. The molecule has 0 aliphatic carbocycles. The lowest BCUT2D eigenvalue weighted by Crippen LogP contribution is -2.35. The molecule has 1 fully saturated rings. The Balaban J connectivity index is 2.65. The fourth-order valence-electron chi connectivity index (χ4n) is 2.72. The molecule has 1 aliphatic heterocycles. The molecule has 0 saturated carbocycles. The number of aromatic carboxylic acids is 1. The molecule has 22 heavy (non-hydrogen) atoms. The molecule has 1 heterocycles. The third-order valence-corrected chi connectivity index (χ3v) is 3.68. The smallest absolute Gasteiger partial charge is 0.336 e. The quantitative estimate of drug-likeness (QED) is 0.668. The van der Waals surface area contributed by atoms with E-state index in [9.17, 15) is 25.0 Å². The molecule has 0 spiro atoms. The van der Waals surface area contributed by atoms with Gasteiger partial charge in [0.2, 0.25) is 0 Å². The Bertz CT molecular complexity index is 610. The predicted octanol–water partition coefficient (Wildman–Crippen LogP) is 2.44. The summed E-state index contributed by atoms with van der Waals surface area (Å²) in [5.41, 5.74) is -1.65. The molecule has 0 bridgehead atoms. The Hall–Kier alpha value is -2.71. The van der Waals surface area contributed by atoms with Crippen LogP contribution < -0.4 is 4.90 Å². The fourth-order valence-corrected chi connectivity index (χ4v) is 2.72. The topological polar surface area (TPSA) is 127 Å². The lowest BCUT2D eigenvalue weighted by molar-refractivity contribution is -0.392. The van der Waals surface area contributed by atoms with E-state index in [0.29, 0.717) is 13.1 Å². The van der Waals surface area contributed by atoms with Crippen molar-refractivity contribution in [3.8, 4) is 0 Å². The van der Waals surface area contributed by atoms with E-state index in [0.717, 1.165) is 25.0 Å². The third-order valence-electron chi connectivity index (χ3n) is 3.68. The molecule has 2 rings (SSSR count). The fraction of sp³-hybridized carbons (Fsp3) is 0.462. The van der Waals surface area contributed by atoms with Gasteiger partial charge in [-0.3, -0.25) is 20.2 Å². The van der Waals surface area contributed by atoms with Gasteiger partial charge < -0.3 is 10.0 Å². The number of rotatable bonds is 4. The molecule has 118 valence electrons. The number of carboxylic acid groups (broad SMARTS) is 1. The molecule has 9 heteroatoms. The SMILES string of the molecule is C[C@H]1CCCN(c2c([N+](=O)[O-])cc(C(=O)O)cc2[N+](=O)[O-])C1. The van der Waals surface area contributed by atoms with Gasteiger partial charge in [-0.05, 0) is 18.8 Å². The van der Waals surface area contributed by atoms with Crippen molar-refractivity contribution in [2.45, 2.75) is 19.8 Å². The van der Waals surface area contributed by atoms with E-state index in [1.165, 1.54) is 0 Å². The van der Waals surface area contributed by atoms with Crippen LogP contribution in [0.25, 0.3) is 0 Å². The number of nitro groups is 2. The number of hydrogen-bond acceptors (Lipinski definition) is 6. The van der Waals surface area contributed by atoms with Gasteiger partial charge in [-0.2, -0.15) is 0 Å². The van der Waals surface area contributed by atoms with Gasteiger partial charge in [0, 0.05) is 25.2 Å². The number of nitro benzene ring substituents is 2. The van der Waals surface area contributed by atoms with Gasteiger partial charge in [-0.1, -0.05) is 6.92 Å². The van der Waals surface area contributed by atoms with Crippen molar-refractivity contribution in [3.63, 3.8) is 0 Å². The molecule has 1 saturated heterocycles. The number of benzene rings is 1. The van der Waals surface area contributed by atoms with E-state index >= 15 is 0 Å². The maximum atomic E-state index is 11.3. The van der Waals surface area contributed by atoms with Gasteiger partial charge in [0.1, 0.15) is 0 Å². The van der Waals surface area contributed by atoms with Crippen molar-refractivity contribution in [1.29, 1.82) is 0 Å². The number of carboxylic acids is 1. The number of nitrogens with zero attached hydrogens (tertiary/aromatic N) is 3. The lowest BCUT2D eigenvalue weighted by atomic mass is 9.98. The zero-order valence-electron chi connectivity index (χ0n) is 11.9. The van der Waals surface area contributed by atoms with E-state index < -0.39 is 32.8 Å². The molecule has 1 aliphatic rings. The molecule has 1 N–H and O–H groups in total. The maximum Gasteiger partial charge on any atom is 0.336 e. The molecular weight excluding hydrogens is 294 g/mol. The highest BCUT2D eigenvalue weighted by atomic mass is 16.6. The highest BCUT2D eigenvalue weighted by molar-refractivity contribution is 5.92. The zero-order valence-corrected chi connectivity index (χ0v) is 11.9. The summed E-state index contributed by atoms with van der Waals surface area (Å²) in [4.78, 5) is 33.6. The molecule has 9 nitrogen and oxygen atoms in total. The normalized spacial score (nSPS) is 18.0. The summed E-state index contributed by atoms with van der Waals surface area (Å²) >= 11 is 0. The van der Waals surface area contributed by atoms with Crippen LogP contribution in [0.15, 0.2) is 12.1 Å². The van der Waals surface area contributed by atoms with Gasteiger partial charge in [-0.25, -0.2) is 4.79 Å². The molecule has 0 radical (unpaired) electrons. The van der Waals surface area contributed by atoms with Gasteiger partial charge in [0.25, 0.3) is 0 Å². The van der Waals surface area contributed by atoms with E-state index in [1.807, 2.05) is 6.92 Å². The minimum Gasteiger partial charge on any atom is -0.478 e. The van der Waals surface area contributed by atoms with Gasteiger partial charge in [0.05, 0.1) is 15.4 Å². The minimum absolute atomic E-state index is 0.105. The van der Waals surface area contributed by atoms with Crippen LogP contribution in [0.1, 0.15) is 30.1 Å². The summed E-state index contributed by atoms with van der Waals surface area (Å²) in [7, 11) is 0. The summed E-state index contributed by atoms with van der Waals surface area (Å²) in [5, 5.41) is 31.5. The van der Waals surface area contributed by atoms with E-state index in [1.54, 1.807) is 4.90 Å². The predicted molar refractivity (Wildman–Crippen MR) is 77.3 cm³/mol. The second-order valence-corrected chi connectivity index (χ2v) is 5.38. The van der Waals surface area contributed by atoms with Crippen LogP contribution >= 0.6 is 0 Å². The summed E-state index contributed by atoms with van der Waals surface area (Å²) in [5.74, 6) is -1.18. The molecule has 1 aromatic rings. The summed E-state index contributed by atoms with van der Waals surface area (Å²) in [6.07, 6.45) is 1.72. The van der Waals surface area contributed by atoms with Crippen molar-refractivity contribution < 1.29 is 19.7 Å². The number of anilines is 1. The molecule has 0 amide bonds. The van der Waals surface area contributed by atoms with Crippen molar-refractivity contribution in [2.24, 2.45) is 5.92 Å². The van der Waals surface area contributed by atoms with E-state index in [2.05, 4.69) is 0 Å². The number of piperidine rings is 1. The van der Waals surface area contributed by atoms with Crippen LogP contribution in [0, 0.1) is 26.1 Å². The Kier molecular flexibility index (Phi) is 4.25. The lowest BCUT2D eigenvalue weighted by Gasteiger charge is -2.32. The highest BCUT2D eigenvalue weighted by Gasteiger charge is 2.33. The average Bonchev–Trinajstić information content (AvgIpc) is 2.45. The van der Waals surface area contributed by atoms with Crippen molar-refractivity contribution in [3.05, 3.63) is 37.9 Å². The molecule has 1 atom stereocenters. The first kappa shape index (κ1) is 15.7. The van der Waals surface area contributed by atoms with Gasteiger partial charge in [0.15, 0.2) is 5.69 Å². The number of carbonyl (C=O) groups is 1. The van der Waals surface area contributed by atoms with Crippen molar-refractivity contribution in [2.75, 3.05) is 18.0 Å². The van der Waals surface area contributed by atoms with Crippen LogP contribution in [0.5, 0.6) is 0 Å². The Morgan fingerprint density at radius 1 is 1.27 bits per heavy atom. The van der Waals surface area contributed by atoms with Gasteiger partial charge in [-0.15, -0.1) is 0 Å². The Morgan fingerprint density at radius 2 is 1.82 bits per heavy atom. The van der Waals surface area contributed by atoms with Crippen LogP contribution in [-0.4, -0.2) is 34.0 Å². The Morgan fingerprint density at radius 3 is 2.23 bits per heavy atom. The van der Waals surface area contributed by atoms with Crippen LogP contribution in [-0.2, 0) is 0 Å². The summed E-state index contributed by atoms with van der Waals surface area (Å²) in [6, 6.07) is 1.76. The van der Waals surface area contributed by atoms with Crippen LogP contribution in [0.2, 0.25) is 0 Å². The summed E-state index contributed by atoms with van der Waals surface area (Å²) < 4.78 is 0. The third kappa shape index (κ3) is 2.97. The van der Waals surface area contributed by atoms with E-state index in [-0.39, 0.29) is 11.6 Å². The standard InChI is InChI=1S/C13H15N3O6/c1-8-3-2-4-14(7-8)12-10(15(19)20)5-9(13(17)18)6-11(12)16(21)22/h5-6,8H,2-4,7H2,1H3,(H,17,18)/t8-/m0/s1. The molecule has 1 aromatic carbocycles. The van der Waals surface area contributed by atoms with Crippen molar-refractivity contribution in [1.82, 2.24) is 0 Å². The second-order valence-electron chi connectivity index (χ2n) is 5.38. The zero-order chi connectivity index (χ0) is 16.4. The molecule has 0 aromatic heterocycles. The number of hydrogen-bond donors (Lipinski definition) is 1. The van der Waals surface area contributed by atoms with Crippen molar-refractivity contribution >= 4 is 23.0 Å². The van der Waals surface area contributed by atoms with Gasteiger partial charge >= 0.3 is 17.3 Å². The second kappa shape index (κ2) is 5.96.